The predicted octanol–water partition coefficient (Wildman–Crippen LogP) is 11.0. The quantitative estimate of drug-likeness (QED) is 0.156. The molecule has 0 radical (unpaired) electrons. The van der Waals surface area contributed by atoms with Crippen LogP contribution in [-0.2, 0) is 32.1 Å². The molecule has 0 amide bonds. The molecular weight excluding hydrogens is 942 g/mol. The Morgan fingerprint density at radius 3 is 1.31 bits per heavy atom. The molecule has 64 heavy (non-hydrogen) atoms. The van der Waals surface area contributed by atoms with Crippen molar-refractivity contribution in [1.29, 1.82) is 0 Å². The van der Waals surface area contributed by atoms with Crippen molar-refractivity contribution in [3.8, 4) is 33.4 Å². The van der Waals surface area contributed by atoms with Crippen molar-refractivity contribution in [3.05, 3.63) is 223 Å². The Labute approximate surface area is 409 Å². The van der Waals surface area contributed by atoms with Crippen LogP contribution in [0.4, 0.5) is 0 Å². The van der Waals surface area contributed by atoms with Gasteiger partial charge in [0, 0.05) is 0 Å². The van der Waals surface area contributed by atoms with E-state index in [4.69, 9.17) is 23.2 Å². The first kappa shape index (κ1) is 46.2. The van der Waals surface area contributed by atoms with Gasteiger partial charge in [0.25, 0.3) is 0 Å². The second kappa shape index (κ2) is 18.2. The SMILES string of the molecule is CC(C)(C)c1cc2c(cc1-c1ccccc1)[CH]([Zr+2]([C]1=CC=CC1)=[C](c1cccc3c(Cl)cccc13)c1cccc3c(Cl)cccc13)c1cc(-c3ccccc3)c(C(C)(C)C)cc1-2.[Cl-].[Cl-]. The molecule has 8 aromatic carbocycles. The third-order valence-electron chi connectivity index (χ3n) is 13.0. The van der Waals surface area contributed by atoms with E-state index in [-0.39, 0.29) is 39.3 Å². The Morgan fingerprint density at radius 1 is 0.484 bits per heavy atom. The zero-order chi connectivity index (χ0) is 42.9. The molecular formula is C59H50Cl4Zr. The van der Waals surface area contributed by atoms with Crippen LogP contribution in [0, 0.1) is 0 Å². The molecule has 0 aliphatic heterocycles. The normalized spacial score (nSPS) is 13.1. The van der Waals surface area contributed by atoms with Crippen LogP contribution in [0.25, 0.3) is 54.9 Å². The first-order chi connectivity index (χ1) is 29.9. The van der Waals surface area contributed by atoms with E-state index in [9.17, 15) is 0 Å². The summed E-state index contributed by atoms with van der Waals surface area (Å²) in [4.78, 5) is 0. The van der Waals surface area contributed by atoms with Gasteiger partial charge in [0.05, 0.1) is 0 Å². The third-order valence-corrected chi connectivity index (χ3v) is 21.9. The number of fused-ring (bicyclic) bond motifs is 5. The minimum atomic E-state index is -3.29. The maximum absolute atomic E-state index is 7.09. The first-order valence-electron chi connectivity index (χ1n) is 21.8. The third kappa shape index (κ3) is 8.16. The fraction of sp³-hybridized carbons (Fsp3) is 0.169. The van der Waals surface area contributed by atoms with E-state index in [0.717, 1.165) is 27.2 Å². The van der Waals surface area contributed by atoms with Gasteiger partial charge in [-0.1, -0.05) is 0 Å². The minimum absolute atomic E-state index is 0. The van der Waals surface area contributed by atoms with Crippen LogP contribution in [0.2, 0.25) is 10.0 Å². The molecule has 0 bridgehead atoms. The Bertz CT molecular complexity index is 2990. The summed E-state index contributed by atoms with van der Waals surface area (Å²) in [7, 11) is 0. The zero-order valence-corrected chi connectivity index (χ0v) is 42.5. The van der Waals surface area contributed by atoms with Crippen LogP contribution < -0.4 is 24.8 Å². The monoisotopic (exact) mass is 988 g/mol. The van der Waals surface area contributed by atoms with Crippen molar-refractivity contribution in [2.45, 2.75) is 62.4 Å². The fourth-order valence-corrected chi connectivity index (χ4v) is 19.8. The number of halogens is 4. The van der Waals surface area contributed by atoms with Gasteiger partial charge >= 0.3 is 388 Å². The summed E-state index contributed by atoms with van der Waals surface area (Å²) in [5.41, 5.74) is 16.0. The Morgan fingerprint density at radius 2 is 0.906 bits per heavy atom. The van der Waals surface area contributed by atoms with Crippen LogP contribution in [0.15, 0.2) is 179 Å². The van der Waals surface area contributed by atoms with Crippen molar-refractivity contribution in [1.82, 2.24) is 0 Å². The molecule has 0 aromatic heterocycles. The van der Waals surface area contributed by atoms with E-state index >= 15 is 0 Å². The van der Waals surface area contributed by atoms with Gasteiger partial charge in [-0.25, -0.2) is 0 Å². The van der Waals surface area contributed by atoms with Crippen LogP contribution >= 0.6 is 23.2 Å². The van der Waals surface area contributed by atoms with E-state index in [1.54, 1.807) is 3.28 Å². The molecule has 0 unspecified atom stereocenters. The van der Waals surface area contributed by atoms with Crippen LogP contribution in [0.1, 0.15) is 85.0 Å². The summed E-state index contributed by atoms with van der Waals surface area (Å²) in [5, 5.41) is 6.10. The molecule has 0 spiro atoms. The van der Waals surface area contributed by atoms with Crippen LogP contribution in [0.5, 0.6) is 0 Å². The first-order valence-corrected chi connectivity index (χ1v) is 26.5. The summed E-state index contributed by atoms with van der Waals surface area (Å²) >= 11 is 10.9. The Hall–Kier alpha value is -4.33. The summed E-state index contributed by atoms with van der Waals surface area (Å²) < 4.78 is 3.24. The molecule has 2 aliphatic rings. The second-order valence-electron chi connectivity index (χ2n) is 19.0. The summed E-state index contributed by atoms with van der Waals surface area (Å²) in [6, 6.07) is 58.9. The summed E-state index contributed by atoms with van der Waals surface area (Å²) in [5.74, 6) is 0. The van der Waals surface area contributed by atoms with Gasteiger partial charge in [-0.2, -0.15) is 0 Å². The molecule has 0 nitrogen and oxygen atoms in total. The average molecular weight is 992 g/mol. The van der Waals surface area contributed by atoms with E-state index in [1.165, 1.54) is 80.7 Å². The van der Waals surface area contributed by atoms with Gasteiger partial charge in [-0.05, 0) is 0 Å². The number of hydrogen-bond acceptors (Lipinski definition) is 0. The number of allylic oxidation sites excluding steroid dienone is 4. The van der Waals surface area contributed by atoms with Gasteiger partial charge in [0.2, 0.25) is 0 Å². The predicted molar refractivity (Wildman–Crippen MR) is 265 cm³/mol. The van der Waals surface area contributed by atoms with E-state index < -0.39 is 21.3 Å². The van der Waals surface area contributed by atoms with E-state index in [0.29, 0.717) is 0 Å². The zero-order valence-electron chi connectivity index (χ0n) is 37.0. The molecule has 8 aromatic rings. The standard InChI is InChI=1S/C33H33.C21H12Cl2.C5H5.2ClH.Zr/c1-32(2,3)30-20-26-24(18-28(30)22-13-9-7-10-14-22)17-25-19-29(23-15-11-8-12-16-23)31(21-27(25)26)33(4,5)6;22-20-11-3-7-16-14(5-1-9-18(16)20)13-15-6-2-10-19-17(15)8-4-12-21(19)23;1-2-4-5-3-1;;;/h7-21H,1-6H3;1-12H;1-3H,4H2;2*1H;/q;;;;;+2/p-2. The number of hydrogen-bond donors (Lipinski definition) is 0. The molecule has 5 heteroatoms. The summed E-state index contributed by atoms with van der Waals surface area (Å²) in [6.07, 6.45) is 8.11. The largest absolute Gasteiger partial charge is 1.00 e. The Kier molecular flexibility index (Phi) is 13.1. The van der Waals surface area contributed by atoms with Crippen LogP contribution in [0.3, 0.4) is 0 Å². The van der Waals surface area contributed by atoms with Gasteiger partial charge in [-0.3, -0.25) is 0 Å². The van der Waals surface area contributed by atoms with Gasteiger partial charge < -0.3 is 24.8 Å². The van der Waals surface area contributed by atoms with Crippen molar-refractivity contribution >= 4 is 48.0 Å². The molecule has 0 atom stereocenters. The second-order valence-corrected chi connectivity index (χ2v) is 26.1. The molecule has 0 N–H and O–H groups in total. The molecule has 318 valence electrons. The molecule has 10 rings (SSSR count). The average Bonchev–Trinajstić information content (AvgIpc) is 3.91. The Balaban J connectivity index is 0.00000280. The smallest absolute Gasteiger partial charge is 1.00 e. The van der Waals surface area contributed by atoms with Crippen LogP contribution in [-0.4, -0.2) is 3.21 Å². The van der Waals surface area contributed by atoms with E-state index in [2.05, 4.69) is 205 Å². The van der Waals surface area contributed by atoms with Gasteiger partial charge in [0.15, 0.2) is 0 Å². The molecule has 0 saturated heterocycles. The van der Waals surface area contributed by atoms with Crippen molar-refractivity contribution in [2.75, 3.05) is 0 Å². The molecule has 2 aliphatic carbocycles. The minimum Gasteiger partial charge on any atom is -1.00 e. The number of benzene rings is 8. The van der Waals surface area contributed by atoms with Gasteiger partial charge in [0.1, 0.15) is 0 Å². The van der Waals surface area contributed by atoms with E-state index in [1.807, 2.05) is 12.1 Å². The molecule has 0 fully saturated rings. The maximum Gasteiger partial charge on any atom is -1.00 e. The summed E-state index contributed by atoms with van der Waals surface area (Å²) in [6.45, 7) is 14.2. The number of rotatable bonds is 6. The molecule has 0 saturated carbocycles. The van der Waals surface area contributed by atoms with Crippen molar-refractivity contribution in [3.63, 3.8) is 0 Å². The fourth-order valence-electron chi connectivity index (χ4n) is 10.2. The van der Waals surface area contributed by atoms with Gasteiger partial charge in [-0.15, -0.1) is 0 Å². The van der Waals surface area contributed by atoms with Crippen molar-refractivity contribution in [2.24, 2.45) is 0 Å². The molecule has 0 heterocycles. The van der Waals surface area contributed by atoms with Crippen molar-refractivity contribution < 1.29 is 46.1 Å². The topological polar surface area (TPSA) is 0 Å². The maximum atomic E-state index is 7.09.